The Balaban J connectivity index is 1.50. The second kappa shape index (κ2) is 7.89. The number of halogens is 1. The fourth-order valence-corrected chi connectivity index (χ4v) is 4.69. The molecule has 4 aromatic rings. The van der Waals surface area contributed by atoms with Gasteiger partial charge in [0.1, 0.15) is 22.8 Å². The van der Waals surface area contributed by atoms with Crippen LogP contribution in [0.3, 0.4) is 0 Å². The second-order valence-corrected chi connectivity index (χ2v) is 8.15. The zero-order valence-electron chi connectivity index (χ0n) is 16.3. The van der Waals surface area contributed by atoms with Gasteiger partial charge in [0, 0.05) is 34.6 Å². The minimum absolute atomic E-state index is 0.0991. The van der Waals surface area contributed by atoms with Crippen molar-refractivity contribution in [3.63, 3.8) is 0 Å². The normalized spacial score (nSPS) is 15.5. The summed E-state index contributed by atoms with van der Waals surface area (Å²) in [7, 11) is 0. The van der Waals surface area contributed by atoms with Crippen molar-refractivity contribution in [2.24, 2.45) is 0 Å². The van der Waals surface area contributed by atoms with Crippen LogP contribution in [0.25, 0.3) is 21.0 Å². The number of thiophene rings is 1. The SMILES string of the molecule is O=C(O)NCC1CNc2c(sc3ccc4nc(Nc5cc(F)ncn5)ccc4c23)C(=O)N1. The highest BCUT2D eigenvalue weighted by Crippen LogP contribution is 2.41. The highest BCUT2D eigenvalue weighted by molar-refractivity contribution is 7.21. The maximum absolute atomic E-state index is 13.3. The lowest BCUT2D eigenvalue weighted by Gasteiger charge is -2.15. The summed E-state index contributed by atoms with van der Waals surface area (Å²) >= 11 is 1.36. The Morgan fingerprint density at radius 3 is 2.94 bits per heavy atom. The monoisotopic (exact) mass is 453 g/mol. The molecule has 12 heteroatoms. The molecular weight excluding hydrogens is 437 g/mol. The molecule has 0 radical (unpaired) electrons. The van der Waals surface area contributed by atoms with Crippen LogP contribution in [-0.2, 0) is 0 Å². The second-order valence-electron chi connectivity index (χ2n) is 7.10. The van der Waals surface area contributed by atoms with E-state index in [0.29, 0.717) is 28.4 Å². The summed E-state index contributed by atoms with van der Waals surface area (Å²) in [4.78, 5) is 36.1. The number of rotatable bonds is 4. The van der Waals surface area contributed by atoms with E-state index in [2.05, 4.69) is 36.2 Å². The first kappa shape index (κ1) is 19.9. The molecule has 1 aliphatic rings. The van der Waals surface area contributed by atoms with E-state index in [1.807, 2.05) is 18.2 Å². The van der Waals surface area contributed by atoms with Crippen LogP contribution in [0.15, 0.2) is 36.7 Å². The molecule has 1 unspecified atom stereocenters. The summed E-state index contributed by atoms with van der Waals surface area (Å²) in [5, 5.41) is 21.9. The Morgan fingerprint density at radius 2 is 2.12 bits per heavy atom. The third-order valence-corrected chi connectivity index (χ3v) is 6.13. The average Bonchev–Trinajstić information content (AvgIpc) is 3.07. The van der Waals surface area contributed by atoms with E-state index >= 15 is 0 Å². The van der Waals surface area contributed by atoms with Gasteiger partial charge >= 0.3 is 6.09 Å². The Bertz CT molecular complexity index is 1380. The van der Waals surface area contributed by atoms with Crippen molar-refractivity contribution < 1.29 is 19.1 Å². The fraction of sp³-hybridized carbons (Fsp3) is 0.150. The van der Waals surface area contributed by atoms with Gasteiger partial charge in [-0.25, -0.2) is 19.7 Å². The van der Waals surface area contributed by atoms with Crippen LogP contribution < -0.4 is 21.3 Å². The lowest BCUT2D eigenvalue weighted by atomic mass is 10.1. The Morgan fingerprint density at radius 1 is 1.25 bits per heavy atom. The summed E-state index contributed by atoms with van der Waals surface area (Å²) in [6.07, 6.45) is -0.0198. The first-order chi connectivity index (χ1) is 15.5. The molecule has 1 atom stereocenters. The number of carboxylic acid groups (broad SMARTS) is 1. The van der Waals surface area contributed by atoms with Gasteiger partial charge < -0.3 is 26.4 Å². The number of pyridine rings is 1. The van der Waals surface area contributed by atoms with Crippen LogP contribution >= 0.6 is 11.3 Å². The van der Waals surface area contributed by atoms with E-state index in [-0.39, 0.29) is 24.3 Å². The zero-order valence-corrected chi connectivity index (χ0v) is 17.2. The Hall–Kier alpha value is -4.06. The molecule has 0 saturated carbocycles. The number of nitrogens with one attached hydrogen (secondary N) is 4. The zero-order chi connectivity index (χ0) is 22.2. The minimum atomic E-state index is -1.14. The summed E-state index contributed by atoms with van der Waals surface area (Å²) in [6, 6.07) is 8.18. The molecule has 4 heterocycles. The molecule has 0 saturated heterocycles. The predicted octanol–water partition coefficient (Wildman–Crippen LogP) is 2.91. The first-order valence-electron chi connectivity index (χ1n) is 9.60. The van der Waals surface area contributed by atoms with Gasteiger partial charge in [0.15, 0.2) is 0 Å². The number of carbonyl (C=O) groups is 2. The van der Waals surface area contributed by atoms with E-state index in [9.17, 15) is 14.0 Å². The van der Waals surface area contributed by atoms with E-state index in [4.69, 9.17) is 5.11 Å². The molecule has 0 aliphatic carbocycles. The lowest BCUT2D eigenvalue weighted by molar-refractivity contribution is 0.0945. The van der Waals surface area contributed by atoms with Crippen LogP contribution in [0.1, 0.15) is 9.67 Å². The largest absolute Gasteiger partial charge is 0.465 e. The Kier molecular flexibility index (Phi) is 4.90. The van der Waals surface area contributed by atoms with Gasteiger partial charge in [0.2, 0.25) is 5.95 Å². The predicted molar refractivity (Wildman–Crippen MR) is 118 cm³/mol. The minimum Gasteiger partial charge on any atom is -0.465 e. The van der Waals surface area contributed by atoms with Crippen molar-refractivity contribution in [1.82, 2.24) is 25.6 Å². The van der Waals surface area contributed by atoms with Gasteiger partial charge in [0.25, 0.3) is 5.91 Å². The first-order valence-corrected chi connectivity index (χ1v) is 10.4. The van der Waals surface area contributed by atoms with E-state index in [1.165, 1.54) is 17.4 Å². The van der Waals surface area contributed by atoms with Crippen molar-refractivity contribution in [3.8, 4) is 0 Å². The smallest absolute Gasteiger partial charge is 0.404 e. The molecular formula is C20H16FN7O3S. The topological polar surface area (TPSA) is 141 Å². The standard InChI is InChI=1S/C20H16FN7O3S/c21-13-5-15(25-8-24-13)28-14-4-1-10-11(27-14)2-3-12-16(10)17-18(32-12)19(29)26-9(6-22-17)7-23-20(30)31/h1-5,8-9,22-23H,6-7H2,(H,26,29)(H,30,31)(H,24,25,27,28). The number of aromatic nitrogens is 3. The van der Waals surface area contributed by atoms with Gasteiger partial charge in [-0.1, -0.05) is 0 Å². The van der Waals surface area contributed by atoms with Crippen LogP contribution in [-0.4, -0.2) is 51.2 Å². The lowest BCUT2D eigenvalue weighted by Crippen LogP contribution is -2.45. The molecule has 1 aromatic carbocycles. The molecule has 5 N–H and O–H groups in total. The number of hydrogen-bond acceptors (Lipinski definition) is 8. The van der Waals surface area contributed by atoms with Gasteiger partial charge in [-0.3, -0.25) is 4.79 Å². The van der Waals surface area contributed by atoms with Crippen LogP contribution in [0, 0.1) is 5.95 Å². The molecule has 32 heavy (non-hydrogen) atoms. The molecule has 0 fully saturated rings. The van der Waals surface area contributed by atoms with Crippen molar-refractivity contribution in [2.45, 2.75) is 6.04 Å². The van der Waals surface area contributed by atoms with Gasteiger partial charge in [-0.05, 0) is 24.3 Å². The molecule has 0 spiro atoms. The summed E-state index contributed by atoms with van der Waals surface area (Å²) in [5.74, 6) is -0.128. The number of amides is 2. The average molecular weight is 453 g/mol. The van der Waals surface area contributed by atoms with Gasteiger partial charge in [-0.15, -0.1) is 11.3 Å². The number of nitrogens with zero attached hydrogens (tertiary/aromatic N) is 3. The fourth-order valence-electron chi connectivity index (χ4n) is 3.59. The summed E-state index contributed by atoms with van der Waals surface area (Å²) < 4.78 is 14.2. The van der Waals surface area contributed by atoms with Crippen LogP contribution in [0.4, 0.5) is 26.5 Å². The third kappa shape index (κ3) is 3.71. The Labute approximate surface area is 183 Å². The molecule has 10 nitrogen and oxygen atoms in total. The van der Waals surface area contributed by atoms with Crippen LogP contribution in [0.2, 0.25) is 0 Å². The molecule has 2 amide bonds. The maximum atomic E-state index is 13.3. The number of carbonyl (C=O) groups excluding carboxylic acids is 1. The summed E-state index contributed by atoms with van der Waals surface area (Å²) in [6.45, 7) is 0.468. The van der Waals surface area contributed by atoms with E-state index < -0.39 is 12.0 Å². The third-order valence-electron chi connectivity index (χ3n) is 4.98. The quantitative estimate of drug-likeness (QED) is 0.297. The highest BCUT2D eigenvalue weighted by Gasteiger charge is 2.26. The number of anilines is 3. The van der Waals surface area contributed by atoms with Gasteiger partial charge in [-0.2, -0.15) is 4.39 Å². The van der Waals surface area contributed by atoms with E-state index in [0.717, 1.165) is 21.8 Å². The van der Waals surface area contributed by atoms with Crippen LogP contribution in [0.5, 0.6) is 0 Å². The number of fused-ring (bicyclic) bond motifs is 5. The van der Waals surface area contributed by atoms with Crippen molar-refractivity contribution in [3.05, 3.63) is 47.5 Å². The van der Waals surface area contributed by atoms with Crippen molar-refractivity contribution in [2.75, 3.05) is 23.7 Å². The molecule has 1 aliphatic heterocycles. The number of benzene rings is 1. The van der Waals surface area contributed by atoms with Gasteiger partial charge in [0.05, 0.1) is 17.2 Å². The molecule has 3 aromatic heterocycles. The van der Waals surface area contributed by atoms with Crippen molar-refractivity contribution >= 4 is 61.6 Å². The summed E-state index contributed by atoms with van der Waals surface area (Å²) in [5.41, 5.74) is 1.39. The molecule has 0 bridgehead atoms. The number of hydrogen-bond donors (Lipinski definition) is 5. The van der Waals surface area contributed by atoms with E-state index in [1.54, 1.807) is 6.07 Å². The van der Waals surface area contributed by atoms with Crippen molar-refractivity contribution in [1.29, 1.82) is 0 Å². The molecule has 5 rings (SSSR count). The highest BCUT2D eigenvalue weighted by atomic mass is 32.1. The molecule has 162 valence electrons. The maximum Gasteiger partial charge on any atom is 0.404 e.